The van der Waals surface area contributed by atoms with Gasteiger partial charge < -0.3 is 9.32 Å². The lowest BCUT2D eigenvalue weighted by Crippen LogP contribution is -2.30. The Balaban J connectivity index is 1.59. The molecule has 1 aliphatic heterocycles. The highest BCUT2D eigenvalue weighted by Crippen LogP contribution is 2.33. The van der Waals surface area contributed by atoms with Crippen molar-refractivity contribution in [2.75, 3.05) is 19.6 Å². The Bertz CT molecular complexity index is 914. The molecule has 1 saturated heterocycles. The molecule has 0 aromatic carbocycles. The summed E-state index contributed by atoms with van der Waals surface area (Å²) in [5, 5.41) is 4.38. The first-order chi connectivity index (χ1) is 13.2. The third-order valence-corrected chi connectivity index (χ3v) is 5.33. The second-order valence-electron chi connectivity index (χ2n) is 6.92. The van der Waals surface area contributed by atoms with Crippen LogP contribution < -0.4 is 0 Å². The number of nitrogens with zero attached hydrogens (tertiary/aromatic N) is 5. The van der Waals surface area contributed by atoms with Crippen LogP contribution in [0, 0.1) is 0 Å². The molecule has 3 aromatic heterocycles. The molecule has 1 atom stereocenters. The summed E-state index contributed by atoms with van der Waals surface area (Å²) in [5.74, 6) is 0.805. The molecular formula is C20H25N5O2. The van der Waals surface area contributed by atoms with Gasteiger partial charge in [0.1, 0.15) is 11.3 Å². The fourth-order valence-corrected chi connectivity index (χ4v) is 3.79. The monoisotopic (exact) mass is 367 g/mol. The van der Waals surface area contributed by atoms with E-state index >= 15 is 0 Å². The molecule has 7 heteroatoms. The number of hydrogen-bond donors (Lipinski definition) is 0. The van der Waals surface area contributed by atoms with Crippen LogP contribution >= 0.6 is 0 Å². The minimum atomic E-state index is -0.0344. The van der Waals surface area contributed by atoms with Crippen LogP contribution in [0.3, 0.4) is 0 Å². The van der Waals surface area contributed by atoms with Gasteiger partial charge in [0, 0.05) is 31.0 Å². The van der Waals surface area contributed by atoms with Gasteiger partial charge in [-0.2, -0.15) is 5.10 Å². The fraction of sp³-hybridized carbons (Fsp3) is 0.450. The Morgan fingerprint density at radius 3 is 2.93 bits per heavy atom. The summed E-state index contributed by atoms with van der Waals surface area (Å²) >= 11 is 0. The average molecular weight is 367 g/mol. The largest absolute Gasteiger partial charge is 0.467 e. The van der Waals surface area contributed by atoms with Crippen LogP contribution in [0.25, 0.3) is 5.65 Å². The molecule has 1 aliphatic rings. The molecule has 3 aromatic rings. The molecule has 1 amide bonds. The standard InChI is InChI=1S/C20H25N5O2/c1-3-23(4-2)13-15-11-21-19-16(12-22-25(19)14-15)20(26)24-9-5-7-17(24)18-8-6-10-27-18/h6,8,10-12,14,17H,3-5,7,9,13H2,1-2H3. The van der Waals surface area contributed by atoms with E-state index in [0.717, 1.165) is 50.3 Å². The molecule has 0 spiro atoms. The van der Waals surface area contributed by atoms with E-state index in [1.807, 2.05) is 29.4 Å². The smallest absolute Gasteiger partial charge is 0.259 e. The second kappa shape index (κ2) is 7.52. The van der Waals surface area contributed by atoms with Crippen molar-refractivity contribution in [2.45, 2.75) is 39.3 Å². The Morgan fingerprint density at radius 1 is 1.33 bits per heavy atom. The summed E-state index contributed by atoms with van der Waals surface area (Å²) in [4.78, 5) is 21.9. The number of amides is 1. The van der Waals surface area contributed by atoms with E-state index in [1.54, 1.807) is 17.0 Å². The van der Waals surface area contributed by atoms with Gasteiger partial charge in [-0.05, 0) is 38.1 Å². The van der Waals surface area contributed by atoms with Gasteiger partial charge in [-0.15, -0.1) is 0 Å². The summed E-state index contributed by atoms with van der Waals surface area (Å²) < 4.78 is 7.25. The molecule has 0 aliphatic carbocycles. The van der Waals surface area contributed by atoms with E-state index in [1.165, 1.54) is 0 Å². The Morgan fingerprint density at radius 2 is 2.19 bits per heavy atom. The van der Waals surface area contributed by atoms with Crippen molar-refractivity contribution in [2.24, 2.45) is 0 Å². The van der Waals surface area contributed by atoms with Crippen molar-refractivity contribution in [1.29, 1.82) is 0 Å². The number of hydrogen-bond acceptors (Lipinski definition) is 5. The molecule has 0 bridgehead atoms. The summed E-state index contributed by atoms with van der Waals surface area (Å²) in [6.45, 7) is 7.81. The summed E-state index contributed by atoms with van der Waals surface area (Å²) in [6.07, 6.45) is 8.98. The van der Waals surface area contributed by atoms with Gasteiger partial charge in [-0.3, -0.25) is 9.69 Å². The number of carbonyl (C=O) groups is 1. The topological polar surface area (TPSA) is 66.9 Å². The van der Waals surface area contributed by atoms with Crippen LogP contribution in [0.5, 0.6) is 0 Å². The molecule has 142 valence electrons. The Hall–Kier alpha value is -2.67. The number of carbonyl (C=O) groups excluding carboxylic acids is 1. The lowest BCUT2D eigenvalue weighted by molar-refractivity contribution is 0.0721. The molecular weight excluding hydrogens is 342 g/mol. The molecule has 0 radical (unpaired) electrons. The zero-order valence-electron chi connectivity index (χ0n) is 15.8. The van der Waals surface area contributed by atoms with E-state index in [9.17, 15) is 4.79 Å². The van der Waals surface area contributed by atoms with Gasteiger partial charge in [0.05, 0.1) is 18.5 Å². The number of likely N-dealkylation sites (tertiary alicyclic amines) is 1. The highest BCUT2D eigenvalue weighted by Gasteiger charge is 2.33. The van der Waals surface area contributed by atoms with E-state index in [0.29, 0.717) is 11.2 Å². The predicted octanol–water partition coefficient (Wildman–Crippen LogP) is 3.14. The van der Waals surface area contributed by atoms with E-state index in [2.05, 4.69) is 28.8 Å². The van der Waals surface area contributed by atoms with E-state index < -0.39 is 0 Å². The zero-order valence-corrected chi connectivity index (χ0v) is 15.8. The third-order valence-electron chi connectivity index (χ3n) is 5.33. The van der Waals surface area contributed by atoms with Crippen molar-refractivity contribution < 1.29 is 9.21 Å². The first-order valence-electron chi connectivity index (χ1n) is 9.60. The maximum Gasteiger partial charge on any atom is 0.259 e. The molecule has 7 nitrogen and oxygen atoms in total. The van der Waals surface area contributed by atoms with Crippen molar-refractivity contribution in [3.05, 3.63) is 53.9 Å². The van der Waals surface area contributed by atoms with Crippen molar-refractivity contribution in [3.63, 3.8) is 0 Å². The molecule has 1 fully saturated rings. The highest BCUT2D eigenvalue weighted by atomic mass is 16.3. The molecule has 27 heavy (non-hydrogen) atoms. The third kappa shape index (κ3) is 3.35. The van der Waals surface area contributed by atoms with Crippen molar-refractivity contribution in [3.8, 4) is 0 Å². The maximum atomic E-state index is 13.2. The Labute approximate surface area is 158 Å². The first kappa shape index (κ1) is 17.7. The van der Waals surface area contributed by atoms with E-state index in [4.69, 9.17) is 4.42 Å². The van der Waals surface area contributed by atoms with E-state index in [-0.39, 0.29) is 11.9 Å². The van der Waals surface area contributed by atoms with Crippen LogP contribution in [0.1, 0.15) is 54.4 Å². The number of furan rings is 1. The molecule has 1 unspecified atom stereocenters. The number of rotatable bonds is 6. The van der Waals surface area contributed by atoms with Crippen molar-refractivity contribution >= 4 is 11.6 Å². The number of aromatic nitrogens is 3. The van der Waals surface area contributed by atoms with Gasteiger partial charge in [0.15, 0.2) is 5.65 Å². The normalized spacial score (nSPS) is 17.3. The lowest BCUT2D eigenvalue weighted by Gasteiger charge is -2.22. The van der Waals surface area contributed by atoms with Gasteiger partial charge in [0.25, 0.3) is 5.91 Å². The molecule has 0 N–H and O–H groups in total. The lowest BCUT2D eigenvalue weighted by atomic mass is 10.1. The molecule has 0 saturated carbocycles. The van der Waals surface area contributed by atoms with Crippen LogP contribution in [0.15, 0.2) is 41.4 Å². The fourth-order valence-electron chi connectivity index (χ4n) is 3.79. The van der Waals surface area contributed by atoms with Gasteiger partial charge >= 0.3 is 0 Å². The zero-order chi connectivity index (χ0) is 18.8. The van der Waals surface area contributed by atoms with Gasteiger partial charge in [0.2, 0.25) is 0 Å². The highest BCUT2D eigenvalue weighted by molar-refractivity contribution is 6.00. The van der Waals surface area contributed by atoms with Gasteiger partial charge in [-0.25, -0.2) is 9.50 Å². The summed E-state index contributed by atoms with van der Waals surface area (Å²) in [5.41, 5.74) is 2.24. The predicted molar refractivity (Wildman–Crippen MR) is 101 cm³/mol. The second-order valence-corrected chi connectivity index (χ2v) is 6.92. The van der Waals surface area contributed by atoms with Crippen LogP contribution in [-0.4, -0.2) is 49.9 Å². The van der Waals surface area contributed by atoms with Crippen molar-refractivity contribution in [1.82, 2.24) is 24.4 Å². The quantitative estimate of drug-likeness (QED) is 0.670. The number of fused-ring (bicyclic) bond motifs is 1. The first-order valence-corrected chi connectivity index (χ1v) is 9.60. The average Bonchev–Trinajstić information content (AvgIpc) is 3.44. The maximum absolute atomic E-state index is 13.2. The SMILES string of the molecule is CCN(CC)Cc1cnc2c(C(=O)N3CCCC3c3ccco3)cnn2c1. The minimum absolute atomic E-state index is 0.00982. The van der Waals surface area contributed by atoms with Crippen LogP contribution in [-0.2, 0) is 6.54 Å². The summed E-state index contributed by atoms with van der Waals surface area (Å²) in [6, 6.07) is 3.79. The molecule has 4 rings (SSSR count). The van der Waals surface area contributed by atoms with Crippen LogP contribution in [0.4, 0.5) is 0 Å². The molecule has 4 heterocycles. The summed E-state index contributed by atoms with van der Waals surface area (Å²) in [7, 11) is 0. The van der Waals surface area contributed by atoms with Gasteiger partial charge in [-0.1, -0.05) is 13.8 Å². The Kier molecular flexibility index (Phi) is 4.94. The minimum Gasteiger partial charge on any atom is -0.467 e. The van der Waals surface area contributed by atoms with Crippen LogP contribution in [0.2, 0.25) is 0 Å².